The van der Waals surface area contributed by atoms with Crippen LogP contribution in [0.3, 0.4) is 0 Å². The van der Waals surface area contributed by atoms with Crippen LogP contribution in [0.25, 0.3) is 45.6 Å². The fourth-order valence-electron chi connectivity index (χ4n) is 8.81. The summed E-state index contributed by atoms with van der Waals surface area (Å²) in [5, 5.41) is 1.18. The Morgan fingerprint density at radius 1 is 0.564 bits per heavy atom. The molecule has 7 heteroatoms. The molecule has 2 aliphatic carbocycles. The Morgan fingerprint density at radius 2 is 1.00 bits per heavy atom. The van der Waals surface area contributed by atoms with Gasteiger partial charge in [-0.1, -0.05) is 0 Å². The predicted molar refractivity (Wildman–Crippen MR) is 241 cm³/mol. The van der Waals surface area contributed by atoms with Crippen LogP contribution >= 0.6 is 24.8 Å². The van der Waals surface area contributed by atoms with E-state index in [2.05, 4.69) is 177 Å². The van der Waals surface area contributed by atoms with Crippen molar-refractivity contribution >= 4 is 67.0 Å². The number of hydrogen-bond donors (Lipinski definition) is 0. The molecule has 6 aromatic rings. The van der Waals surface area contributed by atoms with Gasteiger partial charge in [0.25, 0.3) is 0 Å². The summed E-state index contributed by atoms with van der Waals surface area (Å²) in [6.07, 6.45) is 5.09. The summed E-state index contributed by atoms with van der Waals surface area (Å²) < 4.78 is 14.3. The van der Waals surface area contributed by atoms with E-state index in [0.717, 1.165) is 17.3 Å². The van der Waals surface area contributed by atoms with E-state index in [0.29, 0.717) is 7.25 Å². The summed E-state index contributed by atoms with van der Waals surface area (Å²) in [6.45, 7) is 23.7. The van der Waals surface area contributed by atoms with Gasteiger partial charge in [0.05, 0.1) is 0 Å². The van der Waals surface area contributed by atoms with E-state index in [-0.39, 0.29) is 24.8 Å². The second kappa shape index (κ2) is 16.0. The summed E-state index contributed by atoms with van der Waals surface area (Å²) in [5.41, 5.74) is 18.7. The first-order valence-electron chi connectivity index (χ1n) is 19.0. The van der Waals surface area contributed by atoms with Crippen LogP contribution in [0.15, 0.2) is 106 Å². The smallest absolute Gasteiger partial charge is 0.147 e. The fraction of sp³-hybridized carbons (Fsp3) is 0.250. The molecule has 0 spiro atoms. The quantitative estimate of drug-likeness (QED) is 0.149. The largest absolute Gasteiger partial charge is 0.147 e. The van der Waals surface area contributed by atoms with Crippen molar-refractivity contribution in [3.63, 3.8) is 0 Å². The molecule has 2 aromatic heterocycles. The molecular weight excluding hydrogens is 827 g/mol. The maximum atomic E-state index is 6.99. The Balaban J connectivity index is 0.00000257. The molecule has 8 rings (SSSR count). The third kappa shape index (κ3) is 7.30. The van der Waals surface area contributed by atoms with Crippen molar-refractivity contribution in [2.75, 3.05) is 0 Å². The Bertz CT molecular complexity index is 2510. The van der Waals surface area contributed by atoms with Gasteiger partial charge < -0.3 is 0 Å². The zero-order valence-corrected chi connectivity index (χ0v) is 39.8. The van der Waals surface area contributed by atoms with Crippen LogP contribution in [0.4, 0.5) is 0 Å². The van der Waals surface area contributed by atoms with Gasteiger partial charge in [0, 0.05) is 0 Å². The van der Waals surface area contributed by atoms with Crippen LogP contribution in [0.5, 0.6) is 0 Å². The van der Waals surface area contributed by atoms with Crippen LogP contribution in [0.1, 0.15) is 69.0 Å². The molecule has 0 fully saturated rings. The fourth-order valence-corrected chi connectivity index (χ4v) is 29.6. The van der Waals surface area contributed by atoms with E-state index in [1.165, 1.54) is 83.3 Å². The van der Waals surface area contributed by atoms with Crippen molar-refractivity contribution in [2.24, 2.45) is 0 Å². The molecule has 2 unspecified atom stereocenters. The van der Waals surface area contributed by atoms with Crippen molar-refractivity contribution in [3.8, 4) is 22.3 Å². The molecule has 0 amide bonds. The van der Waals surface area contributed by atoms with Gasteiger partial charge in [-0.15, -0.1) is 24.8 Å². The molecule has 0 bridgehead atoms. The van der Waals surface area contributed by atoms with E-state index in [1.807, 2.05) is 0 Å². The van der Waals surface area contributed by atoms with Gasteiger partial charge in [-0.05, 0) is 0 Å². The first kappa shape index (κ1) is 41.5. The van der Waals surface area contributed by atoms with E-state index < -0.39 is 33.9 Å². The summed E-state index contributed by atoms with van der Waals surface area (Å²) in [7, 11) is -1.66. The van der Waals surface area contributed by atoms with Crippen molar-refractivity contribution < 1.29 is 29.2 Å². The zero-order chi connectivity index (χ0) is 37.3. The molecule has 0 N–H and O–H groups in total. The van der Waals surface area contributed by atoms with E-state index in [1.54, 1.807) is 0 Å². The minimum atomic E-state index is -2.69. The number of halogens is 2. The number of benzene rings is 4. The molecule has 0 aliphatic heterocycles. The summed E-state index contributed by atoms with van der Waals surface area (Å²) in [4.78, 5) is 0. The normalized spacial score (nSPS) is 15.7. The van der Waals surface area contributed by atoms with Crippen molar-refractivity contribution in [1.29, 1.82) is 0 Å². The maximum absolute atomic E-state index is 6.99. The van der Waals surface area contributed by atoms with E-state index >= 15 is 0 Å². The molecule has 4 aromatic carbocycles. The minimum absolute atomic E-state index is 0. The summed E-state index contributed by atoms with van der Waals surface area (Å²) in [5.74, 6) is 3.07. The minimum Gasteiger partial charge on any atom is -0.147 e. The van der Waals surface area contributed by atoms with Gasteiger partial charge >= 0.3 is 327 Å². The van der Waals surface area contributed by atoms with Gasteiger partial charge in [0.2, 0.25) is 0 Å². The van der Waals surface area contributed by atoms with Crippen LogP contribution < -0.4 is 5.38 Å². The maximum Gasteiger partial charge on any atom is -0.147 e. The Morgan fingerprint density at radius 3 is 1.38 bits per heavy atom. The van der Waals surface area contributed by atoms with E-state index in [9.17, 15) is 0 Å². The SMILES string of the molecule is Cc1ccc(C2=Cc3c(cc(C)c(C)c3-c3ccccc3)[CH]2[Zr]([CH]2C(c3ccc([Si](C)(C)C)o3)=Cc3c2cc(C)c(C)c3-c2ccccc2)=[Si](C)C)o1.Cl.Cl. The van der Waals surface area contributed by atoms with Crippen molar-refractivity contribution in [2.45, 2.75) is 74.6 Å². The molecule has 2 aliphatic rings. The van der Waals surface area contributed by atoms with Crippen LogP contribution in [0, 0.1) is 34.6 Å². The van der Waals surface area contributed by atoms with Crippen LogP contribution in [-0.2, 0) is 20.4 Å². The molecule has 0 saturated heterocycles. The first-order valence-corrected chi connectivity index (χ1v) is 31.5. The topological polar surface area (TPSA) is 26.3 Å². The second-order valence-corrected chi connectivity index (χ2v) is 39.3. The molecule has 2 atom stereocenters. The van der Waals surface area contributed by atoms with Gasteiger partial charge in [-0.2, -0.15) is 0 Å². The van der Waals surface area contributed by atoms with Gasteiger partial charge in [-0.3, -0.25) is 0 Å². The molecule has 55 heavy (non-hydrogen) atoms. The Labute approximate surface area is 349 Å². The second-order valence-electron chi connectivity index (χ2n) is 16.5. The van der Waals surface area contributed by atoms with Crippen molar-refractivity contribution in [3.05, 3.63) is 159 Å². The molecule has 282 valence electrons. The zero-order valence-electron chi connectivity index (χ0n) is 33.7. The number of aryl methyl sites for hydroxylation is 3. The molecule has 2 nitrogen and oxygen atoms in total. The van der Waals surface area contributed by atoms with Crippen LogP contribution in [0.2, 0.25) is 32.7 Å². The third-order valence-electron chi connectivity index (χ3n) is 11.7. The molecule has 2 heterocycles. The van der Waals surface area contributed by atoms with E-state index in [4.69, 9.17) is 8.83 Å². The van der Waals surface area contributed by atoms with Gasteiger partial charge in [0.1, 0.15) is 0 Å². The average molecular weight is 879 g/mol. The summed E-state index contributed by atoms with van der Waals surface area (Å²) >= 11 is -2.69. The number of allylic oxidation sites excluding steroid dienone is 2. The Kier molecular flexibility index (Phi) is 12.0. The molecular formula is C48H52Cl2O2Si2Zr. The third-order valence-corrected chi connectivity index (χ3v) is 32.6. The molecule has 0 saturated carbocycles. The van der Waals surface area contributed by atoms with Crippen molar-refractivity contribution in [1.82, 2.24) is 0 Å². The summed E-state index contributed by atoms with van der Waals surface area (Å²) in [6, 6.07) is 36.2. The number of rotatable bonds is 7. The van der Waals surface area contributed by atoms with Gasteiger partial charge in [0.15, 0.2) is 0 Å². The predicted octanol–water partition coefficient (Wildman–Crippen LogP) is 13.9. The standard InChI is InChI=1S/C24H25OSi.C22H19O.C2H6Si.2ClH.Zr/c1-16-13-19-14-20(22-11-12-23(25-22)26(3,4)5)15-21(19)24(17(16)2)18-9-7-6-8-10-18;1-14-11-18-12-19(21-10-9-15(2)23-21)13-20(18)22(16(14)3)17-7-5-4-6-8-17;1-3-2;;;/h6-15H,1-5H3;4-13H,1-3H3;1-2H3;2*1H;. The Hall–Kier alpha value is -3.18. The number of hydrogen-bond acceptors (Lipinski definition) is 2. The monoisotopic (exact) mass is 876 g/mol. The van der Waals surface area contributed by atoms with Gasteiger partial charge in [-0.25, -0.2) is 0 Å². The average Bonchev–Trinajstić information content (AvgIpc) is 3.93. The molecule has 0 radical (unpaired) electrons. The van der Waals surface area contributed by atoms with Crippen LogP contribution in [-0.4, -0.2) is 13.5 Å². The number of fused-ring (bicyclic) bond motifs is 2. The first-order chi connectivity index (χ1) is 25.3. The number of furan rings is 2.